The molecule has 2 N–H and O–H groups in total. The molecule has 0 radical (unpaired) electrons. The van der Waals surface area contributed by atoms with E-state index in [0.717, 1.165) is 10.9 Å². The van der Waals surface area contributed by atoms with Gasteiger partial charge in [0.1, 0.15) is 23.0 Å². The molecular formula is C19H16F4N4O2. The summed E-state index contributed by atoms with van der Waals surface area (Å²) in [4.78, 5) is 12.6. The van der Waals surface area contributed by atoms with E-state index in [9.17, 15) is 22.4 Å². The van der Waals surface area contributed by atoms with Crippen LogP contribution in [0, 0.1) is 5.82 Å². The van der Waals surface area contributed by atoms with Gasteiger partial charge in [-0.25, -0.2) is 9.07 Å². The minimum Gasteiger partial charge on any atom is -0.467 e. The zero-order valence-corrected chi connectivity index (χ0v) is 14.9. The second-order valence-electron chi connectivity index (χ2n) is 6.67. The van der Waals surface area contributed by atoms with Crippen molar-refractivity contribution in [2.24, 2.45) is 0 Å². The number of halogens is 4. The lowest BCUT2D eigenvalue weighted by Crippen LogP contribution is -2.36. The first-order valence-corrected chi connectivity index (χ1v) is 8.79. The van der Waals surface area contributed by atoms with Crippen LogP contribution in [0.25, 0.3) is 0 Å². The second-order valence-corrected chi connectivity index (χ2v) is 6.67. The maximum absolute atomic E-state index is 13.6. The molecule has 2 aromatic heterocycles. The van der Waals surface area contributed by atoms with Gasteiger partial charge in [-0.15, -0.1) is 0 Å². The lowest BCUT2D eigenvalue weighted by molar-refractivity contribution is -0.174. The van der Waals surface area contributed by atoms with Crippen LogP contribution in [-0.4, -0.2) is 21.9 Å². The van der Waals surface area contributed by atoms with Crippen molar-refractivity contribution in [1.29, 1.82) is 0 Å². The van der Waals surface area contributed by atoms with E-state index in [1.165, 1.54) is 30.5 Å². The third-order valence-electron chi connectivity index (χ3n) is 4.74. The Kier molecular flexibility index (Phi) is 4.77. The topological polar surface area (TPSA) is 72.1 Å². The Morgan fingerprint density at radius 3 is 2.69 bits per heavy atom. The fraction of sp³-hybridized carbons (Fsp3) is 0.263. The van der Waals surface area contributed by atoms with Crippen molar-refractivity contribution in [3.8, 4) is 0 Å². The van der Waals surface area contributed by atoms with Crippen LogP contribution in [0.4, 0.5) is 23.4 Å². The van der Waals surface area contributed by atoms with Gasteiger partial charge in [0.15, 0.2) is 6.04 Å². The Labute approximate surface area is 162 Å². The number of hydrogen-bond donors (Lipinski definition) is 2. The Morgan fingerprint density at radius 2 is 2.03 bits per heavy atom. The largest absolute Gasteiger partial charge is 0.467 e. The molecule has 0 spiro atoms. The third-order valence-corrected chi connectivity index (χ3v) is 4.74. The summed E-state index contributed by atoms with van der Waals surface area (Å²) in [6.45, 7) is 0.0913. The number of anilines is 1. The maximum Gasteiger partial charge on any atom is 0.410 e. The van der Waals surface area contributed by atoms with Crippen LogP contribution >= 0.6 is 0 Å². The quantitative estimate of drug-likeness (QED) is 0.635. The molecule has 0 saturated heterocycles. The van der Waals surface area contributed by atoms with Crippen molar-refractivity contribution in [1.82, 2.24) is 15.1 Å². The number of fused-ring (bicyclic) bond motifs is 1. The molecule has 2 atom stereocenters. The zero-order valence-electron chi connectivity index (χ0n) is 14.9. The van der Waals surface area contributed by atoms with Gasteiger partial charge in [-0.2, -0.15) is 18.3 Å². The highest BCUT2D eigenvalue weighted by atomic mass is 19.4. The molecule has 0 saturated carbocycles. The van der Waals surface area contributed by atoms with Gasteiger partial charge in [-0.3, -0.25) is 4.79 Å². The summed E-state index contributed by atoms with van der Waals surface area (Å²) in [5.41, 5.74) is 0.632. The molecule has 1 aliphatic heterocycles. The number of aromatic nitrogens is 2. The normalized spacial score (nSPS) is 18.8. The lowest BCUT2D eigenvalue weighted by Gasteiger charge is -2.32. The van der Waals surface area contributed by atoms with Gasteiger partial charge in [-0.1, -0.05) is 12.1 Å². The number of nitrogens with zero attached hydrogens (tertiary/aromatic N) is 2. The standard InChI is InChI=1S/C19H16F4N4O2/c20-12-5-3-11(4-6-12)9-24-18(28)13-10-25-27-16(19(21,22)23)8-14(26-17(13)27)15-2-1-7-29-15/h1-7,10,14,16,26H,8-9H2,(H,24,28)/t14-,16-/m1/s1. The van der Waals surface area contributed by atoms with Crippen LogP contribution in [0.5, 0.6) is 0 Å². The van der Waals surface area contributed by atoms with Crippen LogP contribution in [-0.2, 0) is 6.54 Å². The first-order valence-electron chi connectivity index (χ1n) is 8.79. The molecule has 4 rings (SSSR count). The smallest absolute Gasteiger partial charge is 0.410 e. The van der Waals surface area contributed by atoms with Crippen molar-refractivity contribution in [3.63, 3.8) is 0 Å². The minimum absolute atomic E-state index is 0.0161. The van der Waals surface area contributed by atoms with E-state index in [1.54, 1.807) is 12.1 Å². The van der Waals surface area contributed by atoms with Gasteiger partial charge in [0.25, 0.3) is 5.91 Å². The molecule has 29 heavy (non-hydrogen) atoms. The van der Waals surface area contributed by atoms with E-state index in [4.69, 9.17) is 4.42 Å². The third kappa shape index (κ3) is 3.82. The summed E-state index contributed by atoms with van der Waals surface area (Å²) in [6.07, 6.45) is -2.38. The SMILES string of the molecule is O=C(NCc1ccc(F)cc1)c1cnn2c1N[C@@H](c1ccco1)C[C@@H]2C(F)(F)F. The molecule has 0 fully saturated rings. The molecule has 152 valence electrons. The Hall–Kier alpha value is -3.30. The van der Waals surface area contributed by atoms with Gasteiger partial charge in [0.2, 0.25) is 0 Å². The monoisotopic (exact) mass is 408 g/mol. The highest BCUT2D eigenvalue weighted by molar-refractivity contribution is 5.98. The summed E-state index contributed by atoms with van der Waals surface area (Å²) < 4.78 is 59.8. The number of carbonyl (C=O) groups is 1. The lowest BCUT2D eigenvalue weighted by atomic mass is 10.0. The van der Waals surface area contributed by atoms with Crippen molar-refractivity contribution >= 4 is 11.7 Å². The predicted molar refractivity (Wildman–Crippen MR) is 94.6 cm³/mol. The highest BCUT2D eigenvalue weighted by Crippen LogP contribution is 2.44. The summed E-state index contributed by atoms with van der Waals surface area (Å²) in [6, 6.07) is 6.03. The van der Waals surface area contributed by atoms with E-state index >= 15 is 0 Å². The van der Waals surface area contributed by atoms with Crippen LogP contribution in [0.15, 0.2) is 53.3 Å². The van der Waals surface area contributed by atoms with Crippen LogP contribution in [0.3, 0.4) is 0 Å². The van der Waals surface area contributed by atoms with Gasteiger partial charge in [0.05, 0.1) is 18.5 Å². The van der Waals surface area contributed by atoms with Gasteiger partial charge in [0, 0.05) is 13.0 Å². The fourth-order valence-electron chi connectivity index (χ4n) is 3.28. The molecule has 1 amide bonds. The number of amides is 1. The molecule has 10 heteroatoms. The minimum atomic E-state index is -4.55. The van der Waals surface area contributed by atoms with Crippen LogP contribution in [0.1, 0.15) is 40.2 Å². The number of nitrogens with one attached hydrogen (secondary N) is 2. The molecule has 1 aliphatic rings. The molecule has 0 bridgehead atoms. The van der Waals surface area contributed by atoms with Crippen molar-refractivity contribution < 1.29 is 26.8 Å². The average molecular weight is 408 g/mol. The maximum atomic E-state index is 13.6. The van der Waals surface area contributed by atoms with Crippen molar-refractivity contribution in [3.05, 3.63) is 71.6 Å². The van der Waals surface area contributed by atoms with Crippen LogP contribution < -0.4 is 10.6 Å². The zero-order chi connectivity index (χ0) is 20.6. The summed E-state index contributed by atoms with van der Waals surface area (Å²) >= 11 is 0. The van der Waals surface area contributed by atoms with Crippen LogP contribution in [0.2, 0.25) is 0 Å². The molecule has 3 heterocycles. The second kappa shape index (κ2) is 7.26. The fourth-order valence-corrected chi connectivity index (χ4v) is 3.28. The number of rotatable bonds is 4. The summed E-state index contributed by atoms with van der Waals surface area (Å²) in [5.74, 6) is -0.692. The first-order chi connectivity index (χ1) is 13.8. The molecule has 0 aliphatic carbocycles. The van der Waals surface area contributed by atoms with E-state index in [1.807, 2.05) is 0 Å². The predicted octanol–water partition coefficient (Wildman–Crippen LogP) is 4.21. The number of benzene rings is 1. The number of furan rings is 1. The summed E-state index contributed by atoms with van der Waals surface area (Å²) in [5, 5.41) is 9.35. The number of carbonyl (C=O) groups excluding carboxylic acids is 1. The van der Waals surface area contributed by atoms with Crippen molar-refractivity contribution in [2.75, 3.05) is 5.32 Å². The van der Waals surface area contributed by atoms with Gasteiger partial charge in [-0.05, 0) is 29.8 Å². The summed E-state index contributed by atoms with van der Waals surface area (Å²) in [7, 11) is 0. The average Bonchev–Trinajstić information content (AvgIpc) is 3.35. The van der Waals surface area contributed by atoms with Gasteiger partial charge < -0.3 is 15.1 Å². The number of alkyl halides is 3. The molecule has 0 unspecified atom stereocenters. The molecular weight excluding hydrogens is 392 g/mol. The first kappa shape index (κ1) is 19.0. The van der Waals surface area contributed by atoms with E-state index in [-0.39, 0.29) is 24.3 Å². The molecule has 1 aromatic carbocycles. The molecule has 3 aromatic rings. The van der Waals surface area contributed by atoms with Gasteiger partial charge >= 0.3 is 6.18 Å². The molecule has 6 nitrogen and oxygen atoms in total. The number of hydrogen-bond acceptors (Lipinski definition) is 4. The Bertz CT molecular complexity index is 996. The Morgan fingerprint density at radius 1 is 1.28 bits per heavy atom. The van der Waals surface area contributed by atoms with E-state index in [0.29, 0.717) is 11.3 Å². The van der Waals surface area contributed by atoms with Crippen molar-refractivity contribution in [2.45, 2.75) is 31.2 Å². The highest BCUT2D eigenvalue weighted by Gasteiger charge is 2.47. The van der Waals surface area contributed by atoms with E-state index < -0.39 is 30.0 Å². The van der Waals surface area contributed by atoms with E-state index in [2.05, 4.69) is 15.7 Å². The Balaban J connectivity index is 1.59.